The van der Waals surface area contributed by atoms with E-state index in [4.69, 9.17) is 0 Å². The summed E-state index contributed by atoms with van der Waals surface area (Å²) >= 11 is 0. The van der Waals surface area contributed by atoms with Gasteiger partial charge >= 0.3 is 5.97 Å². The first-order valence-electron chi connectivity index (χ1n) is 8.57. The van der Waals surface area contributed by atoms with E-state index in [0.29, 0.717) is 23.2 Å². The number of carbonyl (C=O) groups is 1. The summed E-state index contributed by atoms with van der Waals surface area (Å²) in [5, 5.41) is 14.3. The second kappa shape index (κ2) is 8.27. The van der Waals surface area contributed by atoms with Crippen molar-refractivity contribution in [3.8, 4) is 0 Å². The summed E-state index contributed by atoms with van der Waals surface area (Å²) < 4.78 is 4.69. The van der Waals surface area contributed by atoms with Crippen LogP contribution in [-0.2, 0) is 4.74 Å². The molecular formula is C20H21N5O2. The zero-order valence-electron chi connectivity index (χ0n) is 15.4. The van der Waals surface area contributed by atoms with Crippen molar-refractivity contribution in [1.29, 1.82) is 0 Å². The smallest absolute Gasteiger partial charge is 0.337 e. The molecule has 7 nitrogen and oxygen atoms in total. The summed E-state index contributed by atoms with van der Waals surface area (Å²) in [6.07, 6.45) is 1.53. The maximum Gasteiger partial charge on any atom is 0.337 e. The molecule has 2 aromatic carbocycles. The summed E-state index contributed by atoms with van der Waals surface area (Å²) in [6.45, 7) is 4.31. The Kier molecular flexibility index (Phi) is 5.61. The van der Waals surface area contributed by atoms with E-state index >= 15 is 0 Å². The molecule has 0 saturated heterocycles. The van der Waals surface area contributed by atoms with Crippen LogP contribution in [0.2, 0.25) is 0 Å². The van der Waals surface area contributed by atoms with Crippen molar-refractivity contribution in [1.82, 2.24) is 15.2 Å². The summed E-state index contributed by atoms with van der Waals surface area (Å²) in [7, 11) is 1.35. The Bertz CT molecular complexity index is 908. The highest BCUT2D eigenvalue weighted by Gasteiger charge is 2.06. The number of nitrogens with one attached hydrogen (secondary N) is 2. The SMILES string of the molecule is COC(=O)c1ccc(Nc2cnnc(Nc3ccc(C(C)C)cc3)n2)cc1. The van der Waals surface area contributed by atoms with Crippen LogP contribution in [0.5, 0.6) is 0 Å². The number of hydrogen-bond donors (Lipinski definition) is 2. The highest BCUT2D eigenvalue weighted by Crippen LogP contribution is 2.20. The summed E-state index contributed by atoms with van der Waals surface area (Å²) in [5.41, 5.74) is 3.41. The Labute approximate surface area is 157 Å². The molecule has 27 heavy (non-hydrogen) atoms. The summed E-state index contributed by atoms with van der Waals surface area (Å²) in [5.74, 6) is 1.04. The third-order valence-electron chi connectivity index (χ3n) is 3.97. The van der Waals surface area contributed by atoms with E-state index in [-0.39, 0.29) is 5.97 Å². The molecule has 0 bridgehead atoms. The fourth-order valence-corrected chi connectivity index (χ4v) is 2.45. The first-order valence-corrected chi connectivity index (χ1v) is 8.57. The Hall–Kier alpha value is -3.48. The van der Waals surface area contributed by atoms with Gasteiger partial charge in [-0.1, -0.05) is 26.0 Å². The minimum Gasteiger partial charge on any atom is -0.465 e. The Morgan fingerprint density at radius 3 is 2.22 bits per heavy atom. The zero-order valence-corrected chi connectivity index (χ0v) is 15.4. The van der Waals surface area contributed by atoms with Gasteiger partial charge in [0.25, 0.3) is 0 Å². The largest absolute Gasteiger partial charge is 0.465 e. The topological polar surface area (TPSA) is 89.0 Å². The standard InChI is InChI=1S/C20H21N5O2/c1-13(2)14-4-8-17(9-5-14)23-20-24-18(12-21-25-20)22-16-10-6-15(7-11-16)19(26)27-3/h4-13H,1-3H3,(H2,22,23,24,25). The van der Waals surface area contributed by atoms with Gasteiger partial charge in [0.05, 0.1) is 18.9 Å². The highest BCUT2D eigenvalue weighted by molar-refractivity contribution is 5.89. The molecule has 1 heterocycles. The third-order valence-corrected chi connectivity index (χ3v) is 3.97. The Morgan fingerprint density at radius 2 is 1.59 bits per heavy atom. The van der Waals surface area contributed by atoms with Crippen LogP contribution >= 0.6 is 0 Å². The van der Waals surface area contributed by atoms with Gasteiger partial charge in [-0.2, -0.15) is 10.1 Å². The van der Waals surface area contributed by atoms with E-state index in [2.05, 4.69) is 56.5 Å². The van der Waals surface area contributed by atoms with Crippen molar-refractivity contribution in [2.24, 2.45) is 0 Å². The first-order chi connectivity index (χ1) is 13.0. The van der Waals surface area contributed by atoms with Crippen LogP contribution in [-0.4, -0.2) is 28.3 Å². The number of hydrogen-bond acceptors (Lipinski definition) is 7. The molecule has 0 aliphatic rings. The molecule has 1 aromatic heterocycles. The van der Waals surface area contributed by atoms with Crippen LogP contribution < -0.4 is 10.6 Å². The number of methoxy groups -OCH3 is 1. The molecule has 0 spiro atoms. The normalized spacial score (nSPS) is 10.5. The number of ether oxygens (including phenoxy) is 1. The van der Waals surface area contributed by atoms with Gasteiger partial charge in [-0.25, -0.2) is 4.79 Å². The maximum atomic E-state index is 11.5. The lowest BCUT2D eigenvalue weighted by Gasteiger charge is -2.09. The molecule has 2 N–H and O–H groups in total. The van der Waals surface area contributed by atoms with Gasteiger partial charge in [0, 0.05) is 11.4 Å². The monoisotopic (exact) mass is 363 g/mol. The molecule has 0 amide bonds. The number of nitrogens with zero attached hydrogens (tertiary/aromatic N) is 3. The summed E-state index contributed by atoms with van der Waals surface area (Å²) in [4.78, 5) is 15.9. The van der Waals surface area contributed by atoms with Crippen LogP contribution in [0.4, 0.5) is 23.1 Å². The molecule has 0 saturated carbocycles. The summed E-state index contributed by atoms with van der Waals surface area (Å²) in [6, 6.07) is 15.0. The molecule has 0 radical (unpaired) electrons. The minimum atomic E-state index is -0.375. The van der Waals surface area contributed by atoms with E-state index in [9.17, 15) is 4.79 Å². The molecule has 0 atom stereocenters. The van der Waals surface area contributed by atoms with Crippen molar-refractivity contribution < 1.29 is 9.53 Å². The van der Waals surface area contributed by atoms with Gasteiger partial charge in [-0.3, -0.25) is 0 Å². The Balaban J connectivity index is 1.69. The number of benzene rings is 2. The van der Waals surface area contributed by atoms with E-state index in [0.717, 1.165) is 11.4 Å². The molecule has 3 aromatic rings. The lowest BCUT2D eigenvalue weighted by Crippen LogP contribution is -2.03. The van der Waals surface area contributed by atoms with Crippen LogP contribution in [0.3, 0.4) is 0 Å². The van der Waals surface area contributed by atoms with Gasteiger partial charge in [-0.05, 0) is 47.9 Å². The van der Waals surface area contributed by atoms with E-state index in [1.807, 2.05) is 12.1 Å². The van der Waals surface area contributed by atoms with Crippen molar-refractivity contribution in [2.75, 3.05) is 17.7 Å². The van der Waals surface area contributed by atoms with Crippen LogP contribution in [0.25, 0.3) is 0 Å². The predicted octanol–water partition coefficient (Wildman–Crippen LogP) is 4.27. The number of rotatable bonds is 6. The number of esters is 1. The molecule has 3 rings (SSSR count). The zero-order chi connectivity index (χ0) is 19.2. The molecule has 0 aliphatic heterocycles. The van der Waals surface area contributed by atoms with Gasteiger partial charge in [0.2, 0.25) is 5.95 Å². The number of aromatic nitrogens is 3. The lowest BCUT2D eigenvalue weighted by atomic mass is 10.0. The first kappa shape index (κ1) is 18.3. The van der Waals surface area contributed by atoms with Gasteiger partial charge in [-0.15, -0.1) is 5.10 Å². The molecule has 0 fully saturated rings. The minimum absolute atomic E-state index is 0.375. The number of anilines is 4. The molecular weight excluding hydrogens is 342 g/mol. The lowest BCUT2D eigenvalue weighted by molar-refractivity contribution is 0.0601. The van der Waals surface area contributed by atoms with Crippen molar-refractivity contribution in [3.05, 3.63) is 65.9 Å². The van der Waals surface area contributed by atoms with Gasteiger partial charge in [0.1, 0.15) is 0 Å². The molecule has 7 heteroatoms. The Morgan fingerprint density at radius 1 is 0.963 bits per heavy atom. The van der Waals surface area contributed by atoms with Crippen LogP contribution in [0, 0.1) is 0 Å². The average Bonchev–Trinajstić information content (AvgIpc) is 2.68. The van der Waals surface area contributed by atoms with Crippen LogP contribution in [0.1, 0.15) is 35.7 Å². The second-order valence-electron chi connectivity index (χ2n) is 6.26. The van der Waals surface area contributed by atoms with Crippen molar-refractivity contribution in [2.45, 2.75) is 19.8 Å². The molecule has 0 aliphatic carbocycles. The van der Waals surface area contributed by atoms with E-state index in [1.165, 1.54) is 18.9 Å². The third kappa shape index (κ3) is 4.78. The van der Waals surface area contributed by atoms with Crippen molar-refractivity contribution in [3.63, 3.8) is 0 Å². The highest BCUT2D eigenvalue weighted by atomic mass is 16.5. The van der Waals surface area contributed by atoms with Crippen LogP contribution in [0.15, 0.2) is 54.7 Å². The molecule has 138 valence electrons. The van der Waals surface area contributed by atoms with E-state index < -0.39 is 0 Å². The number of carbonyl (C=O) groups excluding carboxylic acids is 1. The average molecular weight is 363 g/mol. The molecule has 0 unspecified atom stereocenters. The quantitative estimate of drug-likeness (QED) is 0.632. The fraction of sp³-hybridized carbons (Fsp3) is 0.200. The van der Waals surface area contributed by atoms with E-state index in [1.54, 1.807) is 24.3 Å². The van der Waals surface area contributed by atoms with Gasteiger partial charge in [0.15, 0.2) is 5.82 Å². The fourth-order valence-electron chi connectivity index (χ4n) is 2.45. The van der Waals surface area contributed by atoms with Crippen molar-refractivity contribution >= 4 is 29.1 Å². The van der Waals surface area contributed by atoms with Gasteiger partial charge < -0.3 is 15.4 Å². The second-order valence-corrected chi connectivity index (χ2v) is 6.26. The predicted molar refractivity (Wildman–Crippen MR) is 105 cm³/mol. The maximum absolute atomic E-state index is 11.5.